The molecule has 3 heteroatoms. The number of nitrogens with zero attached hydrogens (tertiary/aromatic N) is 1. The number of hydrazine groups is 1. The molecule has 0 amide bonds. The van der Waals surface area contributed by atoms with Crippen molar-refractivity contribution in [2.45, 2.75) is 45.1 Å². The van der Waals surface area contributed by atoms with Crippen LogP contribution in [0, 0.1) is 24.7 Å². The van der Waals surface area contributed by atoms with E-state index in [0.29, 0.717) is 0 Å². The molecule has 3 nitrogen and oxygen atoms in total. The highest BCUT2D eigenvalue weighted by Gasteiger charge is 2.40. The molecular weight excluding hydrogens is 222 g/mol. The van der Waals surface area contributed by atoms with Gasteiger partial charge in [-0.05, 0) is 61.5 Å². The predicted octanol–water partition coefficient (Wildman–Crippen LogP) is 2.72. The molecule has 3 N–H and O–H groups in total. The molecule has 2 bridgehead atoms. The highest BCUT2D eigenvalue weighted by molar-refractivity contribution is 5.20. The van der Waals surface area contributed by atoms with Gasteiger partial charge >= 0.3 is 0 Å². The zero-order chi connectivity index (χ0) is 12.5. The Morgan fingerprint density at radius 3 is 2.89 bits per heavy atom. The second-order valence-corrected chi connectivity index (χ2v) is 6.19. The number of fused-ring (bicyclic) bond motifs is 2. The van der Waals surface area contributed by atoms with E-state index in [1.807, 2.05) is 12.4 Å². The summed E-state index contributed by atoms with van der Waals surface area (Å²) >= 11 is 0. The second kappa shape index (κ2) is 4.98. The van der Waals surface area contributed by atoms with E-state index in [2.05, 4.69) is 23.4 Å². The van der Waals surface area contributed by atoms with Gasteiger partial charge in [0.2, 0.25) is 0 Å². The van der Waals surface area contributed by atoms with Crippen molar-refractivity contribution in [3.8, 4) is 0 Å². The molecule has 0 spiro atoms. The lowest BCUT2D eigenvalue weighted by molar-refractivity contribution is 0.280. The van der Waals surface area contributed by atoms with Gasteiger partial charge in [0.05, 0.1) is 0 Å². The quantitative estimate of drug-likeness (QED) is 0.633. The van der Waals surface area contributed by atoms with Crippen LogP contribution in [0.1, 0.15) is 49.3 Å². The van der Waals surface area contributed by atoms with Crippen molar-refractivity contribution in [1.82, 2.24) is 10.4 Å². The predicted molar refractivity (Wildman–Crippen MR) is 72.6 cm³/mol. The van der Waals surface area contributed by atoms with E-state index in [1.54, 1.807) is 0 Å². The molecule has 1 heterocycles. The molecule has 2 fully saturated rings. The van der Waals surface area contributed by atoms with Crippen LogP contribution in [0.4, 0.5) is 0 Å². The van der Waals surface area contributed by atoms with Gasteiger partial charge in [0, 0.05) is 18.4 Å². The Kier molecular flexibility index (Phi) is 3.35. The molecule has 2 aliphatic carbocycles. The van der Waals surface area contributed by atoms with Crippen molar-refractivity contribution in [3.05, 3.63) is 29.6 Å². The third-order valence-corrected chi connectivity index (χ3v) is 4.92. The van der Waals surface area contributed by atoms with Gasteiger partial charge in [0.15, 0.2) is 0 Å². The molecule has 3 rings (SSSR count). The lowest BCUT2D eigenvalue weighted by Gasteiger charge is -2.26. The zero-order valence-corrected chi connectivity index (χ0v) is 11.1. The molecule has 1 aromatic rings. The molecule has 2 aliphatic rings. The van der Waals surface area contributed by atoms with Crippen LogP contribution in [0.5, 0.6) is 0 Å². The molecule has 98 valence electrons. The monoisotopic (exact) mass is 245 g/mol. The molecule has 0 aromatic carbocycles. The van der Waals surface area contributed by atoms with Crippen LogP contribution in [0.3, 0.4) is 0 Å². The first-order valence-electron chi connectivity index (χ1n) is 7.14. The number of aryl methyl sites for hydroxylation is 1. The minimum Gasteiger partial charge on any atom is -0.271 e. The molecular formula is C15H23N3. The number of pyridine rings is 1. The molecule has 4 atom stereocenters. The fraction of sp³-hybridized carbons (Fsp3) is 0.667. The topological polar surface area (TPSA) is 50.9 Å². The summed E-state index contributed by atoms with van der Waals surface area (Å²) in [7, 11) is 0. The first kappa shape index (κ1) is 12.1. The van der Waals surface area contributed by atoms with E-state index >= 15 is 0 Å². The molecule has 0 radical (unpaired) electrons. The van der Waals surface area contributed by atoms with E-state index in [-0.39, 0.29) is 6.04 Å². The first-order valence-corrected chi connectivity index (χ1v) is 7.14. The van der Waals surface area contributed by atoms with Gasteiger partial charge in [-0.3, -0.25) is 16.3 Å². The van der Waals surface area contributed by atoms with Crippen LogP contribution in [-0.2, 0) is 0 Å². The number of hydrogen-bond donors (Lipinski definition) is 2. The Bertz CT molecular complexity index is 418. The Labute approximate surface area is 109 Å². The number of aromatic nitrogens is 1. The third kappa shape index (κ3) is 2.29. The van der Waals surface area contributed by atoms with Gasteiger partial charge in [-0.2, -0.15) is 0 Å². The summed E-state index contributed by atoms with van der Waals surface area (Å²) in [5.41, 5.74) is 5.44. The number of nitrogens with one attached hydrogen (secondary N) is 1. The molecule has 2 saturated carbocycles. The largest absolute Gasteiger partial charge is 0.271 e. The maximum Gasteiger partial charge on any atom is 0.0478 e. The van der Waals surface area contributed by atoms with Crippen molar-refractivity contribution in [2.75, 3.05) is 0 Å². The van der Waals surface area contributed by atoms with E-state index in [0.717, 1.165) is 17.8 Å². The Hall–Kier alpha value is -0.930. The zero-order valence-electron chi connectivity index (χ0n) is 11.1. The summed E-state index contributed by atoms with van der Waals surface area (Å²) in [5.74, 6) is 8.59. The summed E-state index contributed by atoms with van der Waals surface area (Å²) < 4.78 is 0. The van der Waals surface area contributed by atoms with Gasteiger partial charge in [0.1, 0.15) is 0 Å². The molecule has 4 unspecified atom stereocenters. The number of rotatable bonds is 4. The molecule has 0 saturated heterocycles. The van der Waals surface area contributed by atoms with E-state index in [9.17, 15) is 0 Å². The minimum atomic E-state index is 0.266. The lowest BCUT2D eigenvalue weighted by atomic mass is 9.83. The number of hydrogen-bond acceptors (Lipinski definition) is 3. The smallest absolute Gasteiger partial charge is 0.0478 e. The molecule has 0 aliphatic heterocycles. The van der Waals surface area contributed by atoms with Gasteiger partial charge in [-0.1, -0.05) is 12.5 Å². The average Bonchev–Trinajstić information content (AvgIpc) is 2.98. The SMILES string of the molecule is Cc1cncc(C(CC2CC3CCC2C3)NN)c1. The second-order valence-electron chi connectivity index (χ2n) is 6.19. The maximum absolute atomic E-state index is 5.75. The van der Waals surface area contributed by atoms with Crippen LogP contribution in [-0.4, -0.2) is 4.98 Å². The van der Waals surface area contributed by atoms with Crippen LogP contribution >= 0.6 is 0 Å². The van der Waals surface area contributed by atoms with Crippen LogP contribution in [0.2, 0.25) is 0 Å². The Balaban J connectivity index is 1.69. The Morgan fingerprint density at radius 2 is 2.28 bits per heavy atom. The summed E-state index contributed by atoms with van der Waals surface area (Å²) in [6.07, 6.45) is 10.8. The van der Waals surface area contributed by atoms with Gasteiger partial charge in [-0.25, -0.2) is 0 Å². The van der Waals surface area contributed by atoms with E-state index < -0.39 is 0 Å². The lowest BCUT2D eigenvalue weighted by Crippen LogP contribution is -2.31. The highest BCUT2D eigenvalue weighted by atomic mass is 15.2. The fourth-order valence-electron chi connectivity index (χ4n) is 4.04. The normalized spacial score (nSPS) is 31.8. The summed E-state index contributed by atoms with van der Waals surface area (Å²) in [4.78, 5) is 4.28. The van der Waals surface area contributed by atoms with Gasteiger partial charge in [-0.15, -0.1) is 0 Å². The fourth-order valence-corrected chi connectivity index (χ4v) is 4.04. The van der Waals surface area contributed by atoms with E-state index in [1.165, 1.54) is 43.2 Å². The van der Waals surface area contributed by atoms with Crippen molar-refractivity contribution < 1.29 is 0 Å². The van der Waals surface area contributed by atoms with Crippen molar-refractivity contribution in [1.29, 1.82) is 0 Å². The van der Waals surface area contributed by atoms with Crippen LogP contribution < -0.4 is 11.3 Å². The van der Waals surface area contributed by atoms with Crippen molar-refractivity contribution >= 4 is 0 Å². The summed E-state index contributed by atoms with van der Waals surface area (Å²) in [6, 6.07) is 2.46. The van der Waals surface area contributed by atoms with Crippen LogP contribution in [0.25, 0.3) is 0 Å². The summed E-state index contributed by atoms with van der Waals surface area (Å²) in [6.45, 7) is 2.08. The highest BCUT2D eigenvalue weighted by Crippen LogP contribution is 2.50. The van der Waals surface area contributed by atoms with Crippen LogP contribution in [0.15, 0.2) is 18.5 Å². The van der Waals surface area contributed by atoms with Gasteiger partial charge < -0.3 is 0 Å². The average molecular weight is 245 g/mol. The first-order chi connectivity index (χ1) is 8.76. The molecule has 18 heavy (non-hydrogen) atoms. The standard InChI is InChI=1S/C15H23N3/c1-10-4-14(9-17-8-10)15(18-16)7-13-6-11-2-3-12(13)5-11/h4,8-9,11-13,15,18H,2-3,5-7,16H2,1H3. The van der Waals surface area contributed by atoms with Gasteiger partial charge in [0.25, 0.3) is 0 Å². The van der Waals surface area contributed by atoms with Crippen molar-refractivity contribution in [2.24, 2.45) is 23.6 Å². The van der Waals surface area contributed by atoms with Crippen molar-refractivity contribution in [3.63, 3.8) is 0 Å². The maximum atomic E-state index is 5.75. The number of nitrogens with two attached hydrogens (primary N) is 1. The Morgan fingerprint density at radius 1 is 1.39 bits per heavy atom. The summed E-state index contributed by atoms with van der Waals surface area (Å²) in [5, 5.41) is 0. The molecule has 1 aromatic heterocycles. The third-order valence-electron chi connectivity index (χ3n) is 4.92. The minimum absolute atomic E-state index is 0.266. The van der Waals surface area contributed by atoms with E-state index in [4.69, 9.17) is 5.84 Å².